The number of aromatic amines is 1. The summed E-state index contributed by atoms with van der Waals surface area (Å²) in [4.78, 5) is 7.93. The first kappa shape index (κ1) is 10.4. The van der Waals surface area contributed by atoms with Gasteiger partial charge in [-0.25, -0.2) is 4.98 Å². The number of nitrogens with one attached hydrogen (secondary N) is 2. The molecule has 2 aromatic rings. The van der Waals surface area contributed by atoms with E-state index in [9.17, 15) is 0 Å². The highest BCUT2D eigenvalue weighted by atomic mass is 16.5. The van der Waals surface area contributed by atoms with E-state index in [0.29, 0.717) is 0 Å². The summed E-state index contributed by atoms with van der Waals surface area (Å²) < 4.78 is 5.20. The Kier molecular flexibility index (Phi) is 2.37. The second-order valence-corrected chi connectivity index (χ2v) is 4.39. The quantitative estimate of drug-likeness (QED) is 0.776. The maximum atomic E-state index is 5.20. The maximum absolute atomic E-state index is 5.20. The molecule has 0 unspecified atom stereocenters. The highest BCUT2D eigenvalue weighted by molar-refractivity contribution is 5.76. The fourth-order valence-corrected chi connectivity index (χ4v) is 2.19. The number of aromatic nitrogens is 2. The average Bonchev–Trinajstić information content (AvgIpc) is 2.93. The minimum atomic E-state index is 0.265. The van der Waals surface area contributed by atoms with Crippen LogP contribution in [0, 0.1) is 0 Å². The second kappa shape index (κ2) is 3.89. The lowest BCUT2D eigenvalue weighted by Gasteiger charge is -2.04. The smallest absolute Gasteiger partial charge is 0.124 e. The van der Waals surface area contributed by atoms with Gasteiger partial charge in [0.15, 0.2) is 0 Å². The van der Waals surface area contributed by atoms with Crippen LogP contribution < -0.4 is 10.1 Å². The topological polar surface area (TPSA) is 49.9 Å². The fraction of sp³-hybridized carbons (Fsp3) is 0.308. The van der Waals surface area contributed by atoms with Crippen molar-refractivity contribution in [3.05, 3.63) is 36.2 Å². The van der Waals surface area contributed by atoms with Gasteiger partial charge in [0.05, 0.1) is 24.2 Å². The fourth-order valence-electron chi connectivity index (χ4n) is 2.19. The van der Waals surface area contributed by atoms with Crippen molar-refractivity contribution in [3.8, 4) is 5.75 Å². The van der Waals surface area contributed by atoms with Crippen molar-refractivity contribution in [2.24, 2.45) is 0 Å². The number of benzene rings is 1. The van der Waals surface area contributed by atoms with Crippen molar-refractivity contribution < 1.29 is 4.74 Å². The first-order valence-corrected chi connectivity index (χ1v) is 5.70. The lowest BCUT2D eigenvalue weighted by atomic mass is 10.2. The van der Waals surface area contributed by atoms with Crippen molar-refractivity contribution in [1.82, 2.24) is 15.3 Å². The van der Waals surface area contributed by atoms with Crippen LogP contribution in [-0.4, -0.2) is 23.6 Å². The SMILES string of the molecule is C=C1CN[C@H](c2nc3ccc(OC)cc3[nH]2)C1. The summed E-state index contributed by atoms with van der Waals surface area (Å²) in [6, 6.07) is 6.13. The van der Waals surface area contributed by atoms with Gasteiger partial charge in [0.1, 0.15) is 11.6 Å². The number of fused-ring (bicyclic) bond motifs is 1. The number of hydrogen-bond acceptors (Lipinski definition) is 3. The van der Waals surface area contributed by atoms with Crippen molar-refractivity contribution >= 4 is 11.0 Å². The van der Waals surface area contributed by atoms with Crippen LogP contribution in [0.5, 0.6) is 5.75 Å². The van der Waals surface area contributed by atoms with Gasteiger partial charge in [-0.1, -0.05) is 12.2 Å². The molecule has 2 N–H and O–H groups in total. The third-order valence-electron chi connectivity index (χ3n) is 3.13. The Bertz CT molecular complexity index is 573. The average molecular weight is 229 g/mol. The molecule has 1 aromatic heterocycles. The van der Waals surface area contributed by atoms with Gasteiger partial charge in [-0.15, -0.1) is 0 Å². The number of nitrogens with zero attached hydrogens (tertiary/aromatic N) is 1. The molecule has 4 heteroatoms. The molecular weight excluding hydrogens is 214 g/mol. The molecule has 1 atom stereocenters. The molecule has 17 heavy (non-hydrogen) atoms. The maximum Gasteiger partial charge on any atom is 0.124 e. The molecule has 2 heterocycles. The number of imidazole rings is 1. The van der Waals surface area contributed by atoms with Crippen molar-refractivity contribution in [3.63, 3.8) is 0 Å². The standard InChI is InChI=1S/C13H15N3O/c1-8-5-12(14-7-8)13-15-10-4-3-9(17-2)6-11(10)16-13/h3-4,6,12,14H,1,5,7H2,2H3,(H,15,16)/t12-/m0/s1. The highest BCUT2D eigenvalue weighted by Crippen LogP contribution is 2.26. The minimum absolute atomic E-state index is 0.265. The normalized spacial score (nSPS) is 20.1. The number of rotatable bonds is 2. The summed E-state index contributed by atoms with van der Waals surface area (Å²) in [6.07, 6.45) is 0.955. The van der Waals surface area contributed by atoms with Crippen LogP contribution in [0.1, 0.15) is 18.3 Å². The lowest BCUT2D eigenvalue weighted by molar-refractivity contribution is 0.415. The number of hydrogen-bond donors (Lipinski definition) is 2. The van der Waals surface area contributed by atoms with Crippen molar-refractivity contribution in [1.29, 1.82) is 0 Å². The van der Waals surface area contributed by atoms with Crippen LogP contribution in [0.15, 0.2) is 30.4 Å². The molecule has 1 saturated heterocycles. The van der Waals surface area contributed by atoms with Gasteiger partial charge in [-0.05, 0) is 18.6 Å². The van der Waals surface area contributed by atoms with E-state index >= 15 is 0 Å². The Morgan fingerprint density at radius 3 is 3.06 bits per heavy atom. The van der Waals surface area contributed by atoms with Crippen molar-refractivity contribution in [2.75, 3.05) is 13.7 Å². The molecule has 1 aromatic carbocycles. The first-order valence-electron chi connectivity index (χ1n) is 5.70. The Labute approximate surface area is 99.7 Å². The van der Waals surface area contributed by atoms with Gasteiger partial charge in [-0.3, -0.25) is 0 Å². The Hall–Kier alpha value is -1.81. The van der Waals surface area contributed by atoms with E-state index in [2.05, 4.69) is 21.9 Å². The molecule has 1 aliphatic heterocycles. The van der Waals surface area contributed by atoms with E-state index in [0.717, 1.165) is 35.6 Å². The monoisotopic (exact) mass is 229 g/mol. The molecule has 3 rings (SSSR count). The molecule has 0 spiro atoms. The molecular formula is C13H15N3O. The lowest BCUT2D eigenvalue weighted by Crippen LogP contribution is -2.14. The van der Waals surface area contributed by atoms with E-state index in [-0.39, 0.29) is 6.04 Å². The van der Waals surface area contributed by atoms with E-state index in [1.54, 1.807) is 7.11 Å². The predicted octanol–water partition coefficient (Wildman–Crippen LogP) is 2.16. The largest absolute Gasteiger partial charge is 0.497 e. The van der Waals surface area contributed by atoms with Gasteiger partial charge in [0.2, 0.25) is 0 Å². The third kappa shape index (κ3) is 1.80. The summed E-state index contributed by atoms with van der Waals surface area (Å²) in [6.45, 7) is 4.87. The molecule has 88 valence electrons. The third-order valence-corrected chi connectivity index (χ3v) is 3.13. The highest BCUT2D eigenvalue weighted by Gasteiger charge is 2.21. The Morgan fingerprint density at radius 2 is 2.35 bits per heavy atom. The van der Waals surface area contributed by atoms with E-state index in [4.69, 9.17) is 4.74 Å². The summed E-state index contributed by atoms with van der Waals surface area (Å²) >= 11 is 0. The van der Waals surface area contributed by atoms with E-state index in [1.165, 1.54) is 5.57 Å². The molecule has 1 aliphatic rings. The summed E-state index contributed by atoms with van der Waals surface area (Å²) in [5.41, 5.74) is 3.21. The predicted molar refractivity (Wildman–Crippen MR) is 67.1 cm³/mol. The molecule has 0 bridgehead atoms. The second-order valence-electron chi connectivity index (χ2n) is 4.39. The zero-order valence-corrected chi connectivity index (χ0v) is 9.79. The van der Waals surface area contributed by atoms with Gasteiger partial charge in [0.25, 0.3) is 0 Å². The van der Waals surface area contributed by atoms with E-state index < -0.39 is 0 Å². The zero-order valence-electron chi connectivity index (χ0n) is 9.79. The molecule has 4 nitrogen and oxygen atoms in total. The van der Waals surface area contributed by atoms with Crippen LogP contribution in [0.4, 0.5) is 0 Å². The summed E-state index contributed by atoms with van der Waals surface area (Å²) in [5.74, 6) is 1.82. The van der Waals surface area contributed by atoms with Crippen LogP contribution in [0.2, 0.25) is 0 Å². The minimum Gasteiger partial charge on any atom is -0.497 e. The van der Waals surface area contributed by atoms with Crippen LogP contribution in [-0.2, 0) is 0 Å². The molecule has 0 aliphatic carbocycles. The molecule has 0 radical (unpaired) electrons. The van der Waals surface area contributed by atoms with E-state index in [1.807, 2.05) is 18.2 Å². The Balaban J connectivity index is 1.98. The number of methoxy groups -OCH3 is 1. The zero-order chi connectivity index (χ0) is 11.8. The van der Waals surface area contributed by atoms with Gasteiger partial charge >= 0.3 is 0 Å². The molecule has 0 amide bonds. The summed E-state index contributed by atoms with van der Waals surface area (Å²) in [5, 5.41) is 3.39. The van der Waals surface area contributed by atoms with Crippen LogP contribution >= 0.6 is 0 Å². The summed E-state index contributed by atoms with van der Waals surface area (Å²) in [7, 11) is 1.67. The van der Waals surface area contributed by atoms with Gasteiger partial charge in [0, 0.05) is 12.6 Å². The number of H-pyrrole nitrogens is 1. The van der Waals surface area contributed by atoms with Crippen LogP contribution in [0.3, 0.4) is 0 Å². The first-order chi connectivity index (χ1) is 8.26. The molecule has 1 fully saturated rings. The van der Waals surface area contributed by atoms with Crippen LogP contribution in [0.25, 0.3) is 11.0 Å². The van der Waals surface area contributed by atoms with Crippen molar-refractivity contribution in [2.45, 2.75) is 12.5 Å². The molecule has 0 saturated carbocycles. The van der Waals surface area contributed by atoms with Gasteiger partial charge < -0.3 is 15.0 Å². The Morgan fingerprint density at radius 1 is 1.47 bits per heavy atom. The van der Waals surface area contributed by atoms with Gasteiger partial charge in [-0.2, -0.15) is 0 Å². The number of ether oxygens (including phenoxy) is 1.